The van der Waals surface area contributed by atoms with Crippen molar-refractivity contribution in [1.82, 2.24) is 14.8 Å². The van der Waals surface area contributed by atoms with Gasteiger partial charge < -0.3 is 15.6 Å². The molecule has 2 aromatic heterocycles. The molecule has 1 fully saturated rings. The van der Waals surface area contributed by atoms with Crippen LogP contribution in [0.4, 0.5) is 0 Å². The second-order valence-corrected chi connectivity index (χ2v) is 8.23. The van der Waals surface area contributed by atoms with Crippen LogP contribution in [-0.4, -0.2) is 52.7 Å². The lowest BCUT2D eigenvalue weighted by molar-refractivity contribution is -0.132. The zero-order valence-corrected chi connectivity index (χ0v) is 16.1. The van der Waals surface area contributed by atoms with Crippen LogP contribution in [-0.2, 0) is 10.3 Å². The van der Waals surface area contributed by atoms with Crippen LogP contribution in [0.15, 0.2) is 52.8 Å². The Morgan fingerprint density at radius 3 is 2.89 bits per heavy atom. The van der Waals surface area contributed by atoms with E-state index in [4.69, 9.17) is 10.7 Å². The van der Waals surface area contributed by atoms with Gasteiger partial charge in [-0.05, 0) is 23.6 Å². The number of amides is 2. The number of nitrogens with zero attached hydrogens (tertiary/aromatic N) is 3. The maximum atomic E-state index is 13.2. The number of aromatic nitrogens is 1. The van der Waals surface area contributed by atoms with Crippen molar-refractivity contribution in [3.63, 3.8) is 0 Å². The van der Waals surface area contributed by atoms with Crippen LogP contribution in [0, 0.1) is 5.92 Å². The minimum absolute atomic E-state index is 0.104. The van der Waals surface area contributed by atoms with Gasteiger partial charge in [-0.25, -0.2) is 4.99 Å². The van der Waals surface area contributed by atoms with Gasteiger partial charge in [0, 0.05) is 29.4 Å². The number of hydrogen-bond acceptors (Lipinski definition) is 5. The van der Waals surface area contributed by atoms with Gasteiger partial charge in [-0.15, -0.1) is 11.3 Å². The van der Waals surface area contributed by atoms with Crippen LogP contribution >= 0.6 is 11.3 Å². The highest BCUT2D eigenvalue weighted by atomic mass is 32.1. The number of H-pyrrole nitrogens is 1. The normalized spacial score (nSPS) is 24.5. The SMILES string of the molecule is CN1C(=O)C2CN(C(=O)c3cc4ccccc4[nH]3)CC2(c2cccs2)N=C1N. The third-order valence-electron chi connectivity index (χ3n) is 5.69. The van der Waals surface area contributed by atoms with E-state index < -0.39 is 11.5 Å². The summed E-state index contributed by atoms with van der Waals surface area (Å²) < 4.78 is 0. The number of thiophene rings is 1. The van der Waals surface area contributed by atoms with E-state index in [0.717, 1.165) is 15.8 Å². The molecule has 2 aliphatic rings. The number of rotatable bonds is 2. The van der Waals surface area contributed by atoms with Gasteiger partial charge in [0.1, 0.15) is 11.2 Å². The number of benzene rings is 1. The van der Waals surface area contributed by atoms with Crippen molar-refractivity contribution in [2.75, 3.05) is 20.1 Å². The molecule has 28 heavy (non-hydrogen) atoms. The highest BCUT2D eigenvalue weighted by Crippen LogP contribution is 2.45. The first-order chi connectivity index (χ1) is 13.5. The van der Waals surface area contributed by atoms with E-state index in [1.165, 1.54) is 16.2 Å². The Labute approximate surface area is 165 Å². The lowest BCUT2D eigenvalue weighted by atomic mass is 9.84. The van der Waals surface area contributed by atoms with Gasteiger partial charge in [-0.1, -0.05) is 24.3 Å². The summed E-state index contributed by atoms with van der Waals surface area (Å²) in [6.45, 7) is 0.638. The van der Waals surface area contributed by atoms with Crippen LogP contribution in [0.3, 0.4) is 0 Å². The van der Waals surface area contributed by atoms with Gasteiger partial charge in [0.25, 0.3) is 5.91 Å². The summed E-state index contributed by atoms with van der Waals surface area (Å²) in [5.41, 5.74) is 6.66. The van der Waals surface area contributed by atoms with Crippen LogP contribution in [0.2, 0.25) is 0 Å². The molecule has 0 bridgehead atoms. The fourth-order valence-corrected chi connectivity index (χ4v) is 5.12. The maximum absolute atomic E-state index is 13.2. The smallest absolute Gasteiger partial charge is 0.270 e. The number of nitrogens with one attached hydrogen (secondary N) is 1. The minimum Gasteiger partial charge on any atom is -0.369 e. The van der Waals surface area contributed by atoms with Gasteiger partial charge in [-0.3, -0.25) is 14.5 Å². The van der Waals surface area contributed by atoms with Crippen molar-refractivity contribution in [1.29, 1.82) is 0 Å². The number of fused-ring (bicyclic) bond motifs is 2. The molecular formula is C20H19N5O2S. The van der Waals surface area contributed by atoms with Gasteiger partial charge >= 0.3 is 0 Å². The van der Waals surface area contributed by atoms with Crippen molar-refractivity contribution in [3.05, 3.63) is 58.4 Å². The number of para-hydroxylation sites is 1. The van der Waals surface area contributed by atoms with E-state index in [-0.39, 0.29) is 17.8 Å². The molecule has 4 heterocycles. The fraction of sp³-hybridized carbons (Fsp3) is 0.250. The summed E-state index contributed by atoms with van der Waals surface area (Å²) in [5.74, 6) is -0.495. The first-order valence-corrected chi connectivity index (χ1v) is 9.91. The Morgan fingerprint density at radius 1 is 1.32 bits per heavy atom. The molecule has 7 nitrogen and oxygen atoms in total. The van der Waals surface area contributed by atoms with Crippen molar-refractivity contribution in [2.24, 2.45) is 16.6 Å². The third kappa shape index (κ3) is 2.31. The quantitative estimate of drug-likeness (QED) is 0.697. The standard InChI is InChI=1S/C20H19N5O2S/c1-24-17(26)13-10-25(11-20(13,23-19(24)21)16-7-4-8-28-16)18(27)15-9-12-5-2-3-6-14(12)22-15/h2-9,13,22H,10-11H2,1H3,(H2,21,23). The number of nitrogens with two attached hydrogens (primary N) is 1. The topological polar surface area (TPSA) is 94.8 Å². The molecule has 0 spiro atoms. The molecule has 142 valence electrons. The lowest BCUT2D eigenvalue weighted by Gasteiger charge is -2.36. The lowest BCUT2D eigenvalue weighted by Crippen LogP contribution is -2.54. The predicted molar refractivity (Wildman–Crippen MR) is 108 cm³/mol. The average molecular weight is 393 g/mol. The van der Waals surface area contributed by atoms with Crippen LogP contribution < -0.4 is 5.73 Å². The molecule has 0 aliphatic carbocycles. The Kier molecular flexibility index (Phi) is 3.60. The molecule has 1 aromatic carbocycles. The van der Waals surface area contributed by atoms with Crippen LogP contribution in [0.5, 0.6) is 0 Å². The first kappa shape index (κ1) is 17.0. The molecule has 8 heteroatoms. The minimum atomic E-state index is -0.816. The molecule has 0 saturated carbocycles. The number of aliphatic imine (C=N–C) groups is 1. The highest BCUT2D eigenvalue weighted by molar-refractivity contribution is 7.10. The molecule has 5 rings (SSSR count). The van der Waals surface area contributed by atoms with Crippen LogP contribution in [0.25, 0.3) is 10.9 Å². The summed E-state index contributed by atoms with van der Waals surface area (Å²) in [6, 6.07) is 13.5. The molecule has 3 N–H and O–H groups in total. The van der Waals surface area contributed by atoms with E-state index in [9.17, 15) is 9.59 Å². The fourth-order valence-electron chi connectivity index (χ4n) is 4.20. The molecule has 2 unspecified atom stereocenters. The largest absolute Gasteiger partial charge is 0.369 e. The van der Waals surface area contributed by atoms with E-state index in [1.807, 2.05) is 47.8 Å². The summed E-state index contributed by atoms with van der Waals surface area (Å²) in [6.07, 6.45) is 0. The summed E-state index contributed by atoms with van der Waals surface area (Å²) in [4.78, 5) is 38.2. The van der Waals surface area contributed by atoms with E-state index in [1.54, 1.807) is 11.9 Å². The summed E-state index contributed by atoms with van der Waals surface area (Å²) >= 11 is 1.54. The number of guanidine groups is 1. The highest BCUT2D eigenvalue weighted by Gasteiger charge is 2.57. The molecule has 1 saturated heterocycles. The molecular weight excluding hydrogens is 374 g/mol. The zero-order valence-electron chi connectivity index (χ0n) is 15.3. The monoisotopic (exact) mass is 393 g/mol. The van der Waals surface area contributed by atoms with Gasteiger partial charge in [0.05, 0.1) is 12.5 Å². The maximum Gasteiger partial charge on any atom is 0.270 e. The second-order valence-electron chi connectivity index (χ2n) is 7.28. The van der Waals surface area contributed by atoms with E-state index in [2.05, 4.69) is 4.98 Å². The van der Waals surface area contributed by atoms with Crippen molar-refractivity contribution in [2.45, 2.75) is 5.54 Å². The van der Waals surface area contributed by atoms with Crippen molar-refractivity contribution >= 4 is 40.0 Å². The van der Waals surface area contributed by atoms with E-state index in [0.29, 0.717) is 18.8 Å². The zero-order chi connectivity index (χ0) is 19.5. The Balaban J connectivity index is 1.55. The second kappa shape index (κ2) is 5.93. The van der Waals surface area contributed by atoms with Gasteiger partial charge in [-0.2, -0.15) is 0 Å². The number of hydrogen-bond donors (Lipinski definition) is 2. The Morgan fingerprint density at radius 2 is 2.14 bits per heavy atom. The van der Waals surface area contributed by atoms with Gasteiger partial charge in [0.2, 0.25) is 5.91 Å². The van der Waals surface area contributed by atoms with Crippen molar-refractivity contribution in [3.8, 4) is 0 Å². The predicted octanol–water partition coefficient (Wildman–Crippen LogP) is 1.98. The first-order valence-electron chi connectivity index (χ1n) is 9.03. The summed E-state index contributed by atoms with van der Waals surface area (Å²) in [7, 11) is 1.63. The summed E-state index contributed by atoms with van der Waals surface area (Å²) in [5, 5.41) is 2.94. The number of carbonyl (C=O) groups excluding carboxylic acids is 2. The molecule has 2 aliphatic heterocycles. The van der Waals surface area contributed by atoms with Crippen LogP contribution in [0.1, 0.15) is 15.4 Å². The number of likely N-dealkylation sites (tertiary alicyclic amines) is 1. The van der Waals surface area contributed by atoms with Crippen molar-refractivity contribution < 1.29 is 9.59 Å². The van der Waals surface area contributed by atoms with E-state index >= 15 is 0 Å². The Bertz CT molecular complexity index is 1090. The molecule has 3 aromatic rings. The number of carbonyl (C=O) groups is 2. The third-order valence-corrected chi connectivity index (χ3v) is 6.73. The van der Waals surface area contributed by atoms with Gasteiger partial charge in [0.15, 0.2) is 5.96 Å². The molecule has 2 amide bonds. The number of aromatic amines is 1. The molecule has 0 radical (unpaired) electrons. The molecule has 2 atom stereocenters. The average Bonchev–Trinajstić information content (AvgIpc) is 3.43. The Hall–Kier alpha value is -3.13.